The van der Waals surface area contributed by atoms with Crippen molar-refractivity contribution in [2.75, 3.05) is 6.61 Å². The molecule has 0 amide bonds. The van der Waals surface area contributed by atoms with Gasteiger partial charge in [-0.1, -0.05) is 41.5 Å². The summed E-state index contributed by atoms with van der Waals surface area (Å²) < 4.78 is 46.2. The fraction of sp³-hybridized carbons (Fsp3) is 0.200. The largest absolute Gasteiger partial charge is 0.388 e. The van der Waals surface area contributed by atoms with Gasteiger partial charge in [0.1, 0.15) is 11.9 Å². The van der Waals surface area contributed by atoms with Crippen LogP contribution in [0.25, 0.3) is 10.9 Å². The number of aliphatic hydroxyl groups is 1. The number of halogens is 1. The highest BCUT2D eigenvalue weighted by atomic mass is 32.2. The number of hydrogen-bond acceptors (Lipinski definition) is 4. The zero-order valence-corrected chi connectivity index (χ0v) is 18.6. The van der Waals surface area contributed by atoms with Crippen LogP contribution in [0.3, 0.4) is 0 Å². The summed E-state index contributed by atoms with van der Waals surface area (Å²) in [5.74, 6) is -0.444. The lowest BCUT2D eigenvalue weighted by Gasteiger charge is -2.26. The predicted octanol–water partition coefficient (Wildman–Crippen LogP) is 4.75. The van der Waals surface area contributed by atoms with Crippen molar-refractivity contribution in [1.29, 1.82) is 0 Å². The first-order valence-electron chi connectivity index (χ1n) is 10.2. The Morgan fingerprint density at radius 2 is 1.69 bits per heavy atom. The van der Waals surface area contributed by atoms with Crippen molar-refractivity contribution in [3.05, 3.63) is 102 Å². The Balaban J connectivity index is 1.67. The fourth-order valence-corrected chi connectivity index (χ4v) is 4.73. The van der Waals surface area contributed by atoms with Crippen molar-refractivity contribution in [1.82, 2.24) is 4.57 Å². The molecule has 2 unspecified atom stereocenters. The van der Waals surface area contributed by atoms with E-state index >= 15 is 0 Å². The molecule has 0 radical (unpaired) electrons. The maximum atomic E-state index is 14.0. The van der Waals surface area contributed by atoms with Crippen molar-refractivity contribution in [2.45, 2.75) is 30.9 Å². The van der Waals surface area contributed by atoms with E-state index in [1.54, 1.807) is 30.5 Å². The predicted molar refractivity (Wildman–Crippen MR) is 122 cm³/mol. The molecule has 4 aromatic rings. The van der Waals surface area contributed by atoms with Gasteiger partial charge in [0, 0.05) is 11.7 Å². The summed E-state index contributed by atoms with van der Waals surface area (Å²) in [7, 11) is -4.06. The van der Waals surface area contributed by atoms with Gasteiger partial charge in [0.05, 0.1) is 17.5 Å². The number of nitrogens with zero attached hydrogens (tertiary/aromatic N) is 1. The number of benzene rings is 3. The number of hydrogen-bond donors (Lipinski definition) is 1. The summed E-state index contributed by atoms with van der Waals surface area (Å²) in [4.78, 5) is 0.0134. The SMILES string of the molecule is Cc1ccc(S(=O)(=O)OCC(O)C(c2cccc(F)c2)n2ccc3cc(C)ccc32)cc1. The smallest absolute Gasteiger partial charge is 0.297 e. The topological polar surface area (TPSA) is 68.5 Å². The third kappa shape index (κ3) is 4.60. The van der Waals surface area contributed by atoms with Crippen molar-refractivity contribution >= 4 is 21.0 Å². The van der Waals surface area contributed by atoms with Crippen LogP contribution in [0.1, 0.15) is 22.7 Å². The Morgan fingerprint density at radius 3 is 2.41 bits per heavy atom. The lowest BCUT2D eigenvalue weighted by atomic mass is 10.0. The van der Waals surface area contributed by atoms with Crippen LogP contribution in [0.2, 0.25) is 0 Å². The zero-order valence-electron chi connectivity index (χ0n) is 17.8. The molecule has 1 N–H and O–H groups in total. The average Bonchev–Trinajstić information content (AvgIpc) is 3.15. The second-order valence-electron chi connectivity index (χ2n) is 7.90. The lowest BCUT2D eigenvalue weighted by Crippen LogP contribution is -2.30. The Hall–Kier alpha value is -3.00. The van der Waals surface area contributed by atoms with E-state index in [0.29, 0.717) is 5.56 Å². The second-order valence-corrected chi connectivity index (χ2v) is 9.52. The summed E-state index contributed by atoms with van der Waals surface area (Å²) in [5.41, 5.74) is 3.35. The van der Waals surface area contributed by atoms with Crippen molar-refractivity contribution in [3.63, 3.8) is 0 Å². The molecule has 0 aliphatic carbocycles. The minimum atomic E-state index is -4.06. The summed E-state index contributed by atoms with van der Waals surface area (Å²) in [6.45, 7) is 3.36. The molecule has 166 valence electrons. The first kappa shape index (κ1) is 22.2. The Kier molecular flexibility index (Phi) is 6.15. The van der Waals surface area contributed by atoms with Gasteiger partial charge in [0.25, 0.3) is 10.1 Å². The molecule has 1 aromatic heterocycles. The van der Waals surface area contributed by atoms with Crippen LogP contribution in [-0.2, 0) is 14.3 Å². The van der Waals surface area contributed by atoms with Gasteiger partial charge in [-0.15, -0.1) is 0 Å². The normalized spacial score (nSPS) is 13.9. The number of fused-ring (bicyclic) bond motifs is 1. The highest BCUT2D eigenvalue weighted by molar-refractivity contribution is 7.86. The van der Waals surface area contributed by atoms with Gasteiger partial charge in [-0.05, 0) is 67.3 Å². The number of aromatic nitrogens is 1. The molecule has 5 nitrogen and oxygen atoms in total. The summed E-state index contributed by atoms with van der Waals surface area (Å²) >= 11 is 0. The van der Waals surface area contributed by atoms with Crippen molar-refractivity contribution < 1.29 is 22.1 Å². The zero-order chi connectivity index (χ0) is 22.9. The maximum absolute atomic E-state index is 14.0. The van der Waals surface area contributed by atoms with Crippen molar-refractivity contribution in [2.24, 2.45) is 0 Å². The molecule has 0 aliphatic heterocycles. The Morgan fingerprint density at radius 1 is 0.969 bits per heavy atom. The minimum absolute atomic E-state index is 0.0134. The van der Waals surface area contributed by atoms with Gasteiger partial charge in [0.15, 0.2) is 0 Å². The van der Waals surface area contributed by atoms with Crippen LogP contribution in [0.15, 0.2) is 83.9 Å². The van der Waals surface area contributed by atoms with Gasteiger partial charge in [-0.25, -0.2) is 4.39 Å². The first-order valence-corrected chi connectivity index (χ1v) is 11.6. The van der Waals surface area contributed by atoms with Gasteiger partial charge in [-0.3, -0.25) is 4.18 Å². The van der Waals surface area contributed by atoms with Gasteiger partial charge in [0.2, 0.25) is 0 Å². The summed E-state index contributed by atoms with van der Waals surface area (Å²) in [6, 6.07) is 19.2. The first-order chi connectivity index (χ1) is 15.2. The van der Waals surface area contributed by atoms with Gasteiger partial charge in [-0.2, -0.15) is 8.42 Å². The third-order valence-corrected chi connectivity index (χ3v) is 6.73. The van der Waals surface area contributed by atoms with Gasteiger partial charge >= 0.3 is 0 Å². The van der Waals surface area contributed by atoms with Crippen LogP contribution in [0.4, 0.5) is 4.39 Å². The molecule has 0 aliphatic rings. The molecule has 1 heterocycles. The fourth-order valence-electron chi connectivity index (χ4n) is 3.81. The molecule has 7 heteroatoms. The van der Waals surface area contributed by atoms with E-state index < -0.39 is 34.7 Å². The van der Waals surface area contributed by atoms with E-state index in [0.717, 1.165) is 22.0 Å². The van der Waals surface area contributed by atoms with E-state index in [2.05, 4.69) is 0 Å². The van der Waals surface area contributed by atoms with E-state index in [1.165, 1.54) is 24.3 Å². The van der Waals surface area contributed by atoms with Crippen molar-refractivity contribution in [3.8, 4) is 0 Å². The molecule has 0 spiro atoms. The number of aryl methyl sites for hydroxylation is 2. The molecule has 32 heavy (non-hydrogen) atoms. The van der Waals surface area contributed by atoms with Crippen LogP contribution >= 0.6 is 0 Å². The quantitative estimate of drug-likeness (QED) is 0.410. The number of rotatable bonds is 7. The van der Waals surface area contributed by atoms with E-state index in [9.17, 15) is 17.9 Å². The number of aliphatic hydroxyl groups excluding tert-OH is 1. The molecule has 2 atom stereocenters. The van der Waals surface area contributed by atoms with Crippen LogP contribution in [0, 0.1) is 19.7 Å². The van der Waals surface area contributed by atoms with Crippen LogP contribution in [-0.4, -0.2) is 30.8 Å². The lowest BCUT2D eigenvalue weighted by molar-refractivity contribution is 0.0784. The molecule has 3 aromatic carbocycles. The highest BCUT2D eigenvalue weighted by Gasteiger charge is 2.27. The Labute approximate surface area is 186 Å². The van der Waals surface area contributed by atoms with Crippen LogP contribution < -0.4 is 0 Å². The highest BCUT2D eigenvalue weighted by Crippen LogP contribution is 2.29. The van der Waals surface area contributed by atoms with Gasteiger partial charge < -0.3 is 9.67 Å². The molecule has 4 rings (SSSR count). The van der Waals surface area contributed by atoms with Crippen LogP contribution in [0.5, 0.6) is 0 Å². The molecular weight excluding hydrogens is 429 g/mol. The van der Waals surface area contributed by atoms with E-state index in [1.807, 2.05) is 42.7 Å². The average molecular weight is 454 g/mol. The molecule has 0 saturated heterocycles. The van der Waals surface area contributed by atoms with E-state index in [4.69, 9.17) is 4.18 Å². The Bertz CT molecular complexity index is 1350. The molecular formula is C25H24FNO4S. The maximum Gasteiger partial charge on any atom is 0.297 e. The minimum Gasteiger partial charge on any atom is -0.388 e. The second kappa shape index (κ2) is 8.86. The monoisotopic (exact) mass is 453 g/mol. The summed E-state index contributed by atoms with van der Waals surface area (Å²) in [6.07, 6.45) is 0.547. The van der Waals surface area contributed by atoms with E-state index in [-0.39, 0.29) is 4.90 Å². The summed E-state index contributed by atoms with van der Waals surface area (Å²) in [5, 5.41) is 12.0. The third-order valence-electron chi connectivity index (χ3n) is 5.43. The molecule has 0 fully saturated rings. The standard InChI is InChI=1S/C25H24FNO4S/c1-17-6-9-22(10-7-17)32(29,30)31-16-24(28)25(20-4-3-5-21(26)15-20)27-13-12-19-14-18(2)8-11-23(19)27/h3-15,24-25,28H,16H2,1-2H3. The molecule has 0 bridgehead atoms. The molecule has 0 saturated carbocycles.